The van der Waals surface area contributed by atoms with Gasteiger partial charge in [0.1, 0.15) is 5.25 Å². The molecule has 3 N–H and O–H groups in total. The van der Waals surface area contributed by atoms with Gasteiger partial charge in [0.15, 0.2) is 0 Å². The molecule has 3 rings (SSSR count). The average molecular weight is 345 g/mol. The quantitative estimate of drug-likeness (QED) is 0.744. The smallest absolute Gasteiger partial charge is 0.220 e. The van der Waals surface area contributed by atoms with Gasteiger partial charge in [-0.25, -0.2) is 8.42 Å². The van der Waals surface area contributed by atoms with E-state index in [1.165, 1.54) is 0 Å². The van der Waals surface area contributed by atoms with Crippen molar-refractivity contribution < 1.29 is 8.42 Å². The fourth-order valence-electron chi connectivity index (χ4n) is 3.12. The number of sulfonamides is 1. The molecule has 3 atom stereocenters. The third-order valence-electron chi connectivity index (χ3n) is 4.33. The van der Waals surface area contributed by atoms with Crippen molar-refractivity contribution >= 4 is 21.6 Å². The van der Waals surface area contributed by atoms with Crippen molar-refractivity contribution in [2.45, 2.75) is 24.3 Å². The van der Waals surface area contributed by atoms with Crippen LogP contribution in [0.2, 0.25) is 5.02 Å². The highest BCUT2D eigenvalue weighted by atomic mass is 35.5. The number of rotatable bonds is 3. The van der Waals surface area contributed by atoms with Gasteiger partial charge in [0.05, 0.1) is 6.04 Å². The molecule has 0 aromatic heterocycles. The average Bonchev–Trinajstić information content (AvgIpc) is 2.94. The molecule has 2 aliphatic rings. The first kappa shape index (κ1) is 16.2. The maximum atomic E-state index is 13.1. The Hall–Kier alpha value is -0.700. The minimum atomic E-state index is -3.40. The van der Waals surface area contributed by atoms with Crippen LogP contribution in [0.4, 0.5) is 0 Å². The van der Waals surface area contributed by atoms with E-state index in [2.05, 4.69) is 16.2 Å². The Morgan fingerprint density at radius 1 is 1.32 bits per heavy atom. The summed E-state index contributed by atoms with van der Waals surface area (Å²) >= 11 is 6.07. The molecule has 22 heavy (non-hydrogen) atoms. The van der Waals surface area contributed by atoms with Crippen molar-refractivity contribution in [3.8, 4) is 0 Å². The Bertz CT molecular complexity index is 639. The van der Waals surface area contributed by atoms with Gasteiger partial charge in [-0.2, -0.15) is 4.31 Å². The highest BCUT2D eigenvalue weighted by molar-refractivity contribution is 7.89. The monoisotopic (exact) mass is 344 g/mol. The van der Waals surface area contributed by atoms with Gasteiger partial charge >= 0.3 is 0 Å². The van der Waals surface area contributed by atoms with E-state index >= 15 is 0 Å². The van der Waals surface area contributed by atoms with E-state index in [9.17, 15) is 8.42 Å². The van der Waals surface area contributed by atoms with Gasteiger partial charge in [0.25, 0.3) is 0 Å². The van der Waals surface area contributed by atoms with Gasteiger partial charge in [-0.05, 0) is 24.6 Å². The third-order valence-corrected chi connectivity index (χ3v) is 6.99. The minimum Gasteiger partial charge on any atom is -0.313 e. The lowest BCUT2D eigenvalue weighted by Gasteiger charge is -2.37. The molecular weight excluding hydrogens is 324 g/mol. The van der Waals surface area contributed by atoms with E-state index in [0.717, 1.165) is 5.56 Å². The van der Waals surface area contributed by atoms with Crippen LogP contribution in [-0.4, -0.2) is 50.2 Å². The van der Waals surface area contributed by atoms with Crippen LogP contribution < -0.4 is 16.2 Å². The van der Waals surface area contributed by atoms with Gasteiger partial charge in [0.2, 0.25) is 10.0 Å². The molecule has 3 unspecified atom stereocenters. The van der Waals surface area contributed by atoms with Crippen LogP contribution >= 0.6 is 11.6 Å². The number of hydrogen-bond acceptors (Lipinski definition) is 5. The summed E-state index contributed by atoms with van der Waals surface area (Å²) in [5, 5.41) is 3.45. The van der Waals surface area contributed by atoms with E-state index in [-0.39, 0.29) is 12.1 Å². The largest absolute Gasteiger partial charge is 0.313 e. The summed E-state index contributed by atoms with van der Waals surface area (Å²) in [5.74, 6) is 0. The molecule has 122 valence electrons. The normalized spacial score (nSPS) is 30.5. The summed E-state index contributed by atoms with van der Waals surface area (Å²) in [6.07, 6.45) is 0. The van der Waals surface area contributed by atoms with E-state index in [1.807, 2.05) is 25.1 Å². The number of halogens is 1. The molecule has 0 aliphatic carbocycles. The van der Waals surface area contributed by atoms with Crippen LogP contribution in [0.1, 0.15) is 18.5 Å². The molecule has 2 fully saturated rings. The van der Waals surface area contributed by atoms with Crippen LogP contribution in [0.25, 0.3) is 0 Å². The number of hydrogen-bond donors (Lipinski definition) is 3. The van der Waals surface area contributed by atoms with Crippen LogP contribution in [0.3, 0.4) is 0 Å². The molecule has 2 heterocycles. The predicted octanol–water partition coefficient (Wildman–Crippen LogP) is 0.481. The number of nitrogens with one attached hydrogen (secondary N) is 3. The zero-order valence-corrected chi connectivity index (χ0v) is 14.0. The summed E-state index contributed by atoms with van der Waals surface area (Å²) in [5.41, 5.74) is 6.85. The number of hydrazine groups is 1. The lowest BCUT2D eigenvalue weighted by Crippen LogP contribution is -2.53. The molecule has 0 radical (unpaired) electrons. The molecule has 0 bridgehead atoms. The molecule has 8 heteroatoms. The maximum absolute atomic E-state index is 13.1. The molecule has 6 nitrogen and oxygen atoms in total. The Kier molecular flexibility index (Phi) is 4.72. The van der Waals surface area contributed by atoms with Crippen molar-refractivity contribution in [2.24, 2.45) is 0 Å². The van der Waals surface area contributed by atoms with Gasteiger partial charge < -0.3 is 5.32 Å². The van der Waals surface area contributed by atoms with E-state index < -0.39 is 15.3 Å². The molecule has 0 saturated carbocycles. The number of nitrogens with zero attached hydrogens (tertiary/aromatic N) is 1. The second kappa shape index (κ2) is 6.43. The SMILES string of the molecule is CC1NNCC1S(=O)(=O)N1CCNCC1c1cccc(Cl)c1. The first-order valence-electron chi connectivity index (χ1n) is 7.45. The second-order valence-corrected chi connectivity index (χ2v) is 8.32. The summed E-state index contributed by atoms with van der Waals surface area (Å²) in [4.78, 5) is 0. The van der Waals surface area contributed by atoms with Crippen LogP contribution in [0.15, 0.2) is 24.3 Å². The molecule has 2 saturated heterocycles. The van der Waals surface area contributed by atoms with Crippen LogP contribution in [0, 0.1) is 0 Å². The fraction of sp³-hybridized carbons (Fsp3) is 0.571. The Balaban J connectivity index is 1.92. The highest BCUT2D eigenvalue weighted by Gasteiger charge is 2.42. The minimum absolute atomic E-state index is 0.111. The zero-order chi connectivity index (χ0) is 15.7. The van der Waals surface area contributed by atoms with Crippen molar-refractivity contribution in [2.75, 3.05) is 26.2 Å². The molecule has 0 spiro atoms. The Morgan fingerprint density at radius 2 is 2.14 bits per heavy atom. The standard InChI is InChI=1S/C14H21ClN4O2S/c1-10-14(9-17-18-10)22(20,21)19-6-5-16-8-13(19)11-3-2-4-12(15)7-11/h2-4,7,10,13-14,16-18H,5-6,8-9H2,1H3. The van der Waals surface area contributed by atoms with Gasteiger partial charge in [-0.15, -0.1) is 0 Å². The van der Waals surface area contributed by atoms with E-state index in [1.54, 1.807) is 10.4 Å². The molecule has 2 aliphatic heterocycles. The summed E-state index contributed by atoms with van der Waals surface area (Å²) < 4.78 is 27.7. The third kappa shape index (κ3) is 3.02. The lowest BCUT2D eigenvalue weighted by molar-refractivity contribution is 0.268. The molecule has 1 aromatic carbocycles. The highest BCUT2D eigenvalue weighted by Crippen LogP contribution is 2.29. The van der Waals surface area contributed by atoms with Crippen LogP contribution in [0.5, 0.6) is 0 Å². The van der Waals surface area contributed by atoms with E-state index in [0.29, 0.717) is 31.2 Å². The molecular formula is C14H21ClN4O2S. The Morgan fingerprint density at radius 3 is 2.82 bits per heavy atom. The van der Waals surface area contributed by atoms with Crippen molar-refractivity contribution in [3.05, 3.63) is 34.9 Å². The summed E-state index contributed by atoms with van der Waals surface area (Å²) in [7, 11) is -3.40. The van der Waals surface area contributed by atoms with E-state index in [4.69, 9.17) is 11.6 Å². The number of benzene rings is 1. The van der Waals surface area contributed by atoms with Gasteiger partial charge in [0, 0.05) is 37.2 Å². The molecule has 0 amide bonds. The maximum Gasteiger partial charge on any atom is 0.220 e. The van der Waals surface area contributed by atoms with Gasteiger partial charge in [-0.1, -0.05) is 23.7 Å². The first-order chi connectivity index (χ1) is 10.5. The second-order valence-electron chi connectivity index (χ2n) is 5.78. The fourth-order valence-corrected chi connectivity index (χ4v) is 5.44. The lowest BCUT2D eigenvalue weighted by atomic mass is 10.1. The summed E-state index contributed by atoms with van der Waals surface area (Å²) in [6.45, 7) is 4.05. The van der Waals surface area contributed by atoms with Crippen LogP contribution in [-0.2, 0) is 10.0 Å². The predicted molar refractivity (Wildman–Crippen MR) is 87.1 cm³/mol. The first-order valence-corrected chi connectivity index (χ1v) is 9.33. The zero-order valence-electron chi connectivity index (χ0n) is 12.4. The topological polar surface area (TPSA) is 73.5 Å². The van der Waals surface area contributed by atoms with Crippen molar-refractivity contribution in [1.82, 2.24) is 20.5 Å². The van der Waals surface area contributed by atoms with Gasteiger partial charge in [-0.3, -0.25) is 10.9 Å². The van der Waals surface area contributed by atoms with Crippen molar-refractivity contribution in [1.29, 1.82) is 0 Å². The van der Waals surface area contributed by atoms with Crippen molar-refractivity contribution in [3.63, 3.8) is 0 Å². The number of piperazine rings is 1. The molecule has 1 aromatic rings. The Labute approximate surface area is 136 Å². The summed E-state index contributed by atoms with van der Waals surface area (Å²) in [6, 6.07) is 7.10.